The van der Waals surface area contributed by atoms with Gasteiger partial charge < -0.3 is 20.5 Å². The zero-order chi connectivity index (χ0) is 23.1. The monoisotopic (exact) mass is 445 g/mol. The molecular weight excluding hydrogens is 416 g/mol. The molecule has 1 fully saturated rings. The normalized spacial score (nSPS) is 15.2. The Morgan fingerprint density at radius 3 is 2.47 bits per heavy atom. The lowest BCUT2D eigenvalue weighted by Crippen LogP contribution is -2.32. The fourth-order valence-corrected chi connectivity index (χ4v) is 3.78. The Morgan fingerprint density at radius 2 is 1.84 bits per heavy atom. The van der Waals surface area contributed by atoms with Crippen LogP contribution in [-0.2, 0) is 16.1 Å². The SMILES string of the molecule is CCO[C@H](C(=O)NCc1ccc(C(=N)N)cc1)c1c(F)ccc(OC2CCCCC2)c1F. The van der Waals surface area contributed by atoms with Gasteiger partial charge in [0, 0.05) is 18.7 Å². The predicted octanol–water partition coefficient (Wildman–Crippen LogP) is 4.35. The number of carbonyl (C=O) groups is 1. The maximum atomic E-state index is 15.2. The smallest absolute Gasteiger partial charge is 0.254 e. The topological polar surface area (TPSA) is 97.4 Å². The van der Waals surface area contributed by atoms with E-state index in [0.29, 0.717) is 5.56 Å². The van der Waals surface area contributed by atoms with Crippen LogP contribution in [0, 0.1) is 17.0 Å². The molecule has 8 heteroatoms. The number of halogens is 2. The molecule has 1 aliphatic rings. The van der Waals surface area contributed by atoms with E-state index >= 15 is 4.39 Å². The van der Waals surface area contributed by atoms with Gasteiger partial charge in [-0.3, -0.25) is 10.2 Å². The van der Waals surface area contributed by atoms with Crippen molar-refractivity contribution in [2.45, 2.75) is 57.8 Å². The van der Waals surface area contributed by atoms with Gasteiger partial charge in [0.05, 0.1) is 11.7 Å². The van der Waals surface area contributed by atoms with Crippen molar-refractivity contribution in [3.63, 3.8) is 0 Å². The molecule has 0 bridgehead atoms. The Kier molecular flexibility index (Phi) is 8.16. The molecule has 0 radical (unpaired) electrons. The van der Waals surface area contributed by atoms with E-state index < -0.39 is 29.2 Å². The lowest BCUT2D eigenvalue weighted by atomic mass is 9.97. The molecule has 0 aliphatic heterocycles. The van der Waals surface area contributed by atoms with Crippen molar-refractivity contribution in [1.29, 1.82) is 5.41 Å². The molecule has 32 heavy (non-hydrogen) atoms. The molecule has 3 rings (SSSR count). The van der Waals surface area contributed by atoms with E-state index in [9.17, 15) is 9.18 Å². The number of hydrogen-bond acceptors (Lipinski definition) is 4. The average molecular weight is 446 g/mol. The van der Waals surface area contributed by atoms with E-state index in [2.05, 4.69) is 5.32 Å². The lowest BCUT2D eigenvalue weighted by molar-refractivity contribution is -0.133. The summed E-state index contributed by atoms with van der Waals surface area (Å²) in [4.78, 5) is 12.8. The summed E-state index contributed by atoms with van der Waals surface area (Å²) in [6, 6.07) is 9.13. The third-order valence-corrected chi connectivity index (χ3v) is 5.50. The van der Waals surface area contributed by atoms with Gasteiger partial charge in [0.15, 0.2) is 17.7 Å². The first-order valence-corrected chi connectivity index (χ1v) is 10.9. The molecule has 1 atom stereocenters. The van der Waals surface area contributed by atoms with Crippen LogP contribution in [0.3, 0.4) is 0 Å². The maximum absolute atomic E-state index is 15.2. The van der Waals surface area contributed by atoms with E-state index in [4.69, 9.17) is 20.6 Å². The van der Waals surface area contributed by atoms with E-state index in [1.165, 1.54) is 6.07 Å². The highest BCUT2D eigenvalue weighted by Crippen LogP contribution is 2.32. The molecule has 1 saturated carbocycles. The summed E-state index contributed by atoms with van der Waals surface area (Å²) in [5, 5.41) is 10.1. The molecule has 4 N–H and O–H groups in total. The molecule has 172 valence electrons. The molecule has 2 aromatic rings. The minimum Gasteiger partial charge on any atom is -0.487 e. The number of benzene rings is 2. The first-order chi connectivity index (χ1) is 15.4. The fourth-order valence-electron chi connectivity index (χ4n) is 3.78. The number of nitrogens with two attached hydrogens (primary N) is 1. The maximum Gasteiger partial charge on any atom is 0.254 e. The van der Waals surface area contributed by atoms with Crippen molar-refractivity contribution in [2.75, 3.05) is 6.61 Å². The lowest BCUT2D eigenvalue weighted by Gasteiger charge is -2.25. The highest BCUT2D eigenvalue weighted by atomic mass is 19.1. The summed E-state index contributed by atoms with van der Waals surface area (Å²) < 4.78 is 41.1. The molecule has 0 heterocycles. The Hall–Kier alpha value is -3.00. The van der Waals surface area contributed by atoms with Crippen LogP contribution in [0.2, 0.25) is 0 Å². The van der Waals surface area contributed by atoms with Gasteiger partial charge in [0.25, 0.3) is 5.91 Å². The molecule has 0 spiro atoms. The largest absolute Gasteiger partial charge is 0.487 e. The second kappa shape index (κ2) is 11.0. The molecule has 2 aromatic carbocycles. The van der Waals surface area contributed by atoms with Gasteiger partial charge in [-0.2, -0.15) is 0 Å². The van der Waals surface area contributed by atoms with Crippen LogP contribution < -0.4 is 15.8 Å². The molecule has 0 aromatic heterocycles. The van der Waals surface area contributed by atoms with Gasteiger partial charge in [-0.05, 0) is 50.3 Å². The minimum atomic E-state index is -1.45. The third kappa shape index (κ3) is 5.82. The Labute approximate surface area is 186 Å². The fraction of sp³-hybridized carbons (Fsp3) is 0.417. The number of hydrogen-bond donors (Lipinski definition) is 3. The summed E-state index contributed by atoms with van der Waals surface area (Å²) in [6.45, 7) is 1.87. The van der Waals surface area contributed by atoms with Gasteiger partial charge in [0.1, 0.15) is 11.7 Å². The van der Waals surface area contributed by atoms with Crippen LogP contribution in [0.5, 0.6) is 5.75 Å². The number of carbonyl (C=O) groups excluding carboxylic acids is 1. The number of ether oxygens (including phenoxy) is 2. The number of nitrogens with one attached hydrogen (secondary N) is 2. The van der Waals surface area contributed by atoms with Crippen molar-refractivity contribution >= 4 is 11.7 Å². The van der Waals surface area contributed by atoms with E-state index in [1.807, 2.05) is 0 Å². The van der Waals surface area contributed by atoms with Gasteiger partial charge in [0.2, 0.25) is 0 Å². The zero-order valence-electron chi connectivity index (χ0n) is 18.1. The number of amidine groups is 1. The predicted molar refractivity (Wildman–Crippen MR) is 118 cm³/mol. The second-order valence-corrected chi connectivity index (χ2v) is 7.81. The van der Waals surface area contributed by atoms with Crippen molar-refractivity contribution in [3.05, 3.63) is 64.7 Å². The van der Waals surface area contributed by atoms with Crippen molar-refractivity contribution in [3.8, 4) is 5.75 Å². The first-order valence-electron chi connectivity index (χ1n) is 10.9. The Bertz CT molecular complexity index is 944. The summed E-state index contributed by atoms with van der Waals surface area (Å²) >= 11 is 0. The molecule has 0 unspecified atom stereocenters. The molecule has 6 nitrogen and oxygen atoms in total. The molecule has 1 amide bonds. The molecule has 0 saturated heterocycles. The standard InChI is InChI=1S/C24H29F2N3O3/c1-2-31-22(24(30)29-14-15-8-10-16(11-9-15)23(27)28)20-18(25)12-13-19(21(20)26)32-17-6-4-3-5-7-17/h8-13,17,22H,2-7,14H2,1H3,(H3,27,28)(H,29,30)/t22-/m0/s1. The summed E-state index contributed by atoms with van der Waals surface area (Å²) in [7, 11) is 0. The number of amides is 1. The van der Waals surface area contributed by atoms with Gasteiger partial charge in [-0.25, -0.2) is 8.78 Å². The zero-order valence-corrected chi connectivity index (χ0v) is 18.1. The van der Waals surface area contributed by atoms with Crippen LogP contribution in [0.4, 0.5) is 8.78 Å². The molecule has 1 aliphatic carbocycles. The molecular formula is C24H29F2N3O3. The van der Waals surface area contributed by atoms with Crippen molar-refractivity contribution < 1.29 is 23.0 Å². The van der Waals surface area contributed by atoms with E-state index in [-0.39, 0.29) is 30.8 Å². The van der Waals surface area contributed by atoms with Crippen molar-refractivity contribution in [1.82, 2.24) is 5.32 Å². The summed E-state index contributed by atoms with van der Waals surface area (Å²) in [5.74, 6) is -2.55. The summed E-state index contributed by atoms with van der Waals surface area (Å²) in [5.41, 5.74) is 6.29. The second-order valence-electron chi connectivity index (χ2n) is 7.81. The quantitative estimate of drug-likeness (QED) is 0.395. The van der Waals surface area contributed by atoms with E-state index in [0.717, 1.165) is 43.7 Å². The Balaban J connectivity index is 1.76. The van der Waals surface area contributed by atoms with E-state index in [1.54, 1.807) is 31.2 Å². The van der Waals surface area contributed by atoms with Crippen LogP contribution in [0.15, 0.2) is 36.4 Å². The van der Waals surface area contributed by atoms with Gasteiger partial charge in [-0.15, -0.1) is 0 Å². The highest BCUT2D eigenvalue weighted by molar-refractivity contribution is 5.94. The first kappa shape index (κ1) is 23.7. The summed E-state index contributed by atoms with van der Waals surface area (Å²) in [6.07, 6.45) is 3.23. The average Bonchev–Trinajstić information content (AvgIpc) is 2.80. The Morgan fingerprint density at radius 1 is 1.16 bits per heavy atom. The van der Waals surface area contributed by atoms with Crippen molar-refractivity contribution in [2.24, 2.45) is 5.73 Å². The van der Waals surface area contributed by atoms with Crippen LogP contribution >= 0.6 is 0 Å². The number of rotatable bonds is 9. The van der Waals surface area contributed by atoms with Crippen LogP contribution in [-0.4, -0.2) is 24.5 Å². The van der Waals surface area contributed by atoms with Gasteiger partial charge in [-0.1, -0.05) is 30.7 Å². The van der Waals surface area contributed by atoms with Crippen LogP contribution in [0.25, 0.3) is 0 Å². The number of nitrogen functional groups attached to an aromatic ring is 1. The minimum absolute atomic E-state index is 0.0572. The van der Waals surface area contributed by atoms with Gasteiger partial charge >= 0.3 is 0 Å². The van der Waals surface area contributed by atoms with Crippen LogP contribution in [0.1, 0.15) is 61.8 Å². The highest BCUT2D eigenvalue weighted by Gasteiger charge is 2.30. The third-order valence-electron chi connectivity index (χ3n) is 5.50.